The second kappa shape index (κ2) is 4.92. The summed E-state index contributed by atoms with van der Waals surface area (Å²) in [7, 11) is -3.67. The van der Waals surface area contributed by atoms with E-state index in [9.17, 15) is 12.8 Å². The highest BCUT2D eigenvalue weighted by molar-refractivity contribution is 7.89. The van der Waals surface area contributed by atoms with Crippen LogP contribution in [0.5, 0.6) is 0 Å². The minimum absolute atomic E-state index is 0.0977. The van der Waals surface area contributed by atoms with Crippen LogP contribution in [0.3, 0.4) is 0 Å². The first kappa shape index (κ1) is 12.4. The number of hydrogen-bond donors (Lipinski definition) is 1. The van der Waals surface area contributed by atoms with Crippen LogP contribution in [-0.4, -0.2) is 20.3 Å². The van der Waals surface area contributed by atoms with E-state index >= 15 is 0 Å². The third-order valence-corrected chi connectivity index (χ3v) is 3.74. The number of rotatable bonds is 4. The molecule has 1 unspecified atom stereocenters. The van der Waals surface area contributed by atoms with Gasteiger partial charge in [0.15, 0.2) is 0 Å². The molecule has 0 spiro atoms. The molecule has 1 aromatic rings. The Balaban J connectivity index is 2.96. The van der Waals surface area contributed by atoms with Gasteiger partial charge in [0.1, 0.15) is 5.82 Å². The summed E-state index contributed by atoms with van der Waals surface area (Å²) >= 11 is 5.48. The maximum atomic E-state index is 12.8. The van der Waals surface area contributed by atoms with Crippen LogP contribution in [-0.2, 0) is 10.0 Å². The van der Waals surface area contributed by atoms with Crippen molar-refractivity contribution >= 4 is 21.6 Å². The number of halogens is 2. The standard InChI is InChI=1S/C9H11ClFNO2S/c1-7(6-10)12-15(13,14)9-4-2-3-8(11)5-9/h2-5,7,12H,6H2,1H3. The summed E-state index contributed by atoms with van der Waals surface area (Å²) in [6.07, 6.45) is 0. The molecular formula is C9H11ClFNO2S. The van der Waals surface area contributed by atoms with Crippen molar-refractivity contribution in [1.82, 2.24) is 4.72 Å². The zero-order valence-corrected chi connectivity index (χ0v) is 9.65. The molecule has 1 atom stereocenters. The molecule has 0 aliphatic heterocycles. The van der Waals surface area contributed by atoms with E-state index in [0.29, 0.717) is 0 Å². The molecule has 0 saturated carbocycles. The molecule has 0 radical (unpaired) electrons. The number of alkyl halides is 1. The molecule has 15 heavy (non-hydrogen) atoms. The fraction of sp³-hybridized carbons (Fsp3) is 0.333. The lowest BCUT2D eigenvalue weighted by atomic mass is 10.4. The summed E-state index contributed by atoms with van der Waals surface area (Å²) in [4.78, 5) is -0.0977. The first-order valence-corrected chi connectivity index (χ1v) is 6.31. The van der Waals surface area contributed by atoms with Gasteiger partial charge in [-0.15, -0.1) is 11.6 Å². The summed E-state index contributed by atoms with van der Waals surface area (Å²) < 4.78 is 38.4. The van der Waals surface area contributed by atoms with Crippen LogP contribution >= 0.6 is 11.6 Å². The van der Waals surface area contributed by atoms with E-state index in [-0.39, 0.29) is 16.8 Å². The van der Waals surface area contributed by atoms with Gasteiger partial charge in [0.25, 0.3) is 0 Å². The van der Waals surface area contributed by atoms with Crippen LogP contribution in [0.2, 0.25) is 0 Å². The van der Waals surface area contributed by atoms with Crippen LogP contribution < -0.4 is 4.72 Å². The lowest BCUT2D eigenvalue weighted by molar-refractivity contribution is 0.567. The molecule has 0 amide bonds. The molecule has 0 aromatic heterocycles. The van der Waals surface area contributed by atoms with Crippen LogP contribution in [0.4, 0.5) is 4.39 Å². The monoisotopic (exact) mass is 251 g/mol. The summed E-state index contributed by atoms with van der Waals surface area (Å²) in [6.45, 7) is 1.63. The Bertz CT molecular complexity index is 435. The summed E-state index contributed by atoms with van der Waals surface area (Å²) in [5, 5.41) is 0. The summed E-state index contributed by atoms with van der Waals surface area (Å²) in [5.74, 6) is -0.425. The molecule has 0 saturated heterocycles. The molecule has 84 valence electrons. The molecule has 0 heterocycles. The van der Waals surface area contributed by atoms with Crippen molar-refractivity contribution in [3.8, 4) is 0 Å². The van der Waals surface area contributed by atoms with Gasteiger partial charge in [-0.2, -0.15) is 0 Å². The first-order valence-electron chi connectivity index (χ1n) is 4.29. The molecule has 0 aliphatic rings. The zero-order valence-electron chi connectivity index (χ0n) is 8.07. The van der Waals surface area contributed by atoms with Crippen molar-refractivity contribution in [2.45, 2.75) is 17.9 Å². The van der Waals surface area contributed by atoms with E-state index in [1.807, 2.05) is 0 Å². The molecule has 1 aromatic carbocycles. The highest BCUT2D eigenvalue weighted by Crippen LogP contribution is 2.10. The predicted octanol–water partition coefficient (Wildman–Crippen LogP) is 1.73. The topological polar surface area (TPSA) is 46.2 Å². The lowest BCUT2D eigenvalue weighted by Crippen LogP contribution is -2.33. The van der Waals surface area contributed by atoms with Crippen molar-refractivity contribution in [3.05, 3.63) is 30.1 Å². The normalized spacial score (nSPS) is 13.8. The molecule has 1 rings (SSSR count). The van der Waals surface area contributed by atoms with Gasteiger partial charge >= 0.3 is 0 Å². The Kier molecular flexibility index (Phi) is 4.07. The van der Waals surface area contributed by atoms with Gasteiger partial charge in [-0.1, -0.05) is 6.07 Å². The van der Waals surface area contributed by atoms with Gasteiger partial charge in [-0.25, -0.2) is 17.5 Å². The van der Waals surface area contributed by atoms with Gasteiger partial charge in [0.05, 0.1) is 4.90 Å². The quantitative estimate of drug-likeness (QED) is 0.829. The maximum absolute atomic E-state index is 12.8. The molecule has 6 heteroatoms. The van der Waals surface area contributed by atoms with Crippen LogP contribution in [0.15, 0.2) is 29.2 Å². The maximum Gasteiger partial charge on any atom is 0.240 e. The molecule has 0 aliphatic carbocycles. The van der Waals surface area contributed by atoms with Crippen molar-refractivity contribution in [2.24, 2.45) is 0 Å². The van der Waals surface area contributed by atoms with Gasteiger partial charge in [-0.05, 0) is 25.1 Å². The van der Waals surface area contributed by atoms with Gasteiger partial charge in [0.2, 0.25) is 10.0 Å². The first-order chi connectivity index (χ1) is 6.95. The van der Waals surface area contributed by atoms with E-state index in [0.717, 1.165) is 6.07 Å². The van der Waals surface area contributed by atoms with Crippen molar-refractivity contribution < 1.29 is 12.8 Å². The van der Waals surface area contributed by atoms with E-state index < -0.39 is 15.8 Å². The van der Waals surface area contributed by atoms with Gasteiger partial charge < -0.3 is 0 Å². The smallest absolute Gasteiger partial charge is 0.207 e. The second-order valence-corrected chi connectivity index (χ2v) is 5.16. The molecular weight excluding hydrogens is 241 g/mol. The Hall–Kier alpha value is -0.650. The number of nitrogens with one attached hydrogen (secondary N) is 1. The Morgan fingerprint density at radius 3 is 2.73 bits per heavy atom. The number of benzene rings is 1. The Morgan fingerprint density at radius 1 is 1.53 bits per heavy atom. The Labute approximate surface area is 93.3 Å². The van der Waals surface area contributed by atoms with E-state index in [1.165, 1.54) is 18.2 Å². The zero-order chi connectivity index (χ0) is 11.5. The average Bonchev–Trinajstić information content (AvgIpc) is 2.17. The molecule has 3 nitrogen and oxygen atoms in total. The summed E-state index contributed by atoms with van der Waals surface area (Å²) in [5.41, 5.74) is 0. The van der Waals surface area contributed by atoms with E-state index in [1.54, 1.807) is 6.92 Å². The van der Waals surface area contributed by atoms with Crippen molar-refractivity contribution in [3.63, 3.8) is 0 Å². The second-order valence-electron chi connectivity index (χ2n) is 3.13. The van der Waals surface area contributed by atoms with Crippen LogP contribution in [0.1, 0.15) is 6.92 Å². The highest BCUT2D eigenvalue weighted by Gasteiger charge is 2.16. The highest BCUT2D eigenvalue weighted by atomic mass is 35.5. The number of sulfonamides is 1. The summed E-state index contributed by atoms with van der Waals surface area (Å²) in [6, 6.07) is 4.43. The fourth-order valence-corrected chi connectivity index (χ4v) is 2.44. The SMILES string of the molecule is CC(CCl)NS(=O)(=O)c1cccc(F)c1. The molecule has 0 fully saturated rings. The molecule has 0 bridgehead atoms. The number of hydrogen-bond acceptors (Lipinski definition) is 2. The van der Waals surface area contributed by atoms with Gasteiger partial charge in [-0.3, -0.25) is 0 Å². The van der Waals surface area contributed by atoms with Gasteiger partial charge in [0, 0.05) is 11.9 Å². The Morgan fingerprint density at radius 2 is 2.20 bits per heavy atom. The molecule has 1 N–H and O–H groups in total. The van der Waals surface area contributed by atoms with Crippen LogP contribution in [0.25, 0.3) is 0 Å². The largest absolute Gasteiger partial charge is 0.240 e. The van der Waals surface area contributed by atoms with E-state index in [4.69, 9.17) is 11.6 Å². The lowest BCUT2D eigenvalue weighted by Gasteiger charge is -2.10. The third kappa shape index (κ3) is 3.44. The third-order valence-electron chi connectivity index (χ3n) is 1.69. The van der Waals surface area contributed by atoms with E-state index in [2.05, 4.69) is 4.72 Å². The van der Waals surface area contributed by atoms with Crippen LogP contribution in [0, 0.1) is 5.82 Å². The minimum Gasteiger partial charge on any atom is -0.207 e. The average molecular weight is 252 g/mol. The minimum atomic E-state index is -3.67. The van der Waals surface area contributed by atoms with Crippen molar-refractivity contribution in [2.75, 3.05) is 5.88 Å². The van der Waals surface area contributed by atoms with Crippen molar-refractivity contribution in [1.29, 1.82) is 0 Å². The predicted molar refractivity (Wildman–Crippen MR) is 56.9 cm³/mol. The fourth-order valence-electron chi connectivity index (χ4n) is 0.999.